The molecule has 2 fully saturated rings. The van der Waals surface area contributed by atoms with Crippen LogP contribution in [-0.4, -0.2) is 69.1 Å². The smallest absolute Gasteiger partial charge is 0.368 e. The number of rotatable bonds is 3. The molecule has 4 rings (SSSR count). The fourth-order valence-corrected chi connectivity index (χ4v) is 4.11. The topological polar surface area (TPSA) is 30.0 Å². The van der Waals surface area contributed by atoms with E-state index in [1.165, 1.54) is 12.1 Å². The van der Waals surface area contributed by atoms with Crippen LogP contribution >= 0.6 is 0 Å². The van der Waals surface area contributed by atoms with Crippen molar-refractivity contribution in [2.24, 2.45) is 0 Å². The van der Waals surface area contributed by atoms with E-state index >= 15 is 0 Å². The third kappa shape index (κ3) is 4.60. The van der Waals surface area contributed by atoms with Crippen LogP contribution < -0.4 is 9.80 Å². The fraction of sp³-hybridized carbons (Fsp3) is 0.375. The standard InChI is InChI=1S/C24H27F3N4O/c1-28-11-14-30(15-12-28)21-6-4-3-5-18(21)17-22-23(32)31(16-13-29(22)2)20-9-7-19(8-10-20)24(25,26)27/h3-10,17H,11-16H2,1-2H3/b22-17-. The molecule has 2 aromatic carbocycles. The number of hydrogen-bond donors (Lipinski definition) is 0. The second-order valence-corrected chi connectivity index (χ2v) is 8.30. The molecule has 0 atom stereocenters. The number of carbonyl (C=O) groups is 1. The molecule has 2 aliphatic heterocycles. The number of anilines is 2. The second kappa shape index (κ2) is 8.86. The Labute approximate surface area is 186 Å². The van der Waals surface area contributed by atoms with Gasteiger partial charge in [0.05, 0.1) is 5.56 Å². The number of nitrogens with zero attached hydrogens (tertiary/aromatic N) is 4. The molecule has 0 unspecified atom stereocenters. The highest BCUT2D eigenvalue weighted by Crippen LogP contribution is 2.32. The van der Waals surface area contributed by atoms with Crippen molar-refractivity contribution in [3.63, 3.8) is 0 Å². The molecule has 0 bridgehead atoms. The number of halogens is 3. The van der Waals surface area contributed by atoms with Crippen LogP contribution in [0.5, 0.6) is 0 Å². The van der Waals surface area contributed by atoms with Crippen LogP contribution in [-0.2, 0) is 11.0 Å². The number of para-hydroxylation sites is 1. The first-order valence-electron chi connectivity index (χ1n) is 10.7. The van der Waals surface area contributed by atoms with Crippen molar-refractivity contribution in [2.45, 2.75) is 6.18 Å². The molecule has 2 aliphatic rings. The first kappa shape index (κ1) is 22.2. The molecule has 0 saturated carbocycles. The number of hydrogen-bond acceptors (Lipinski definition) is 4. The molecular formula is C24H27F3N4O. The van der Waals surface area contributed by atoms with Crippen molar-refractivity contribution >= 4 is 23.4 Å². The number of carbonyl (C=O) groups excluding carboxylic acids is 1. The molecular weight excluding hydrogens is 417 g/mol. The molecule has 0 N–H and O–H groups in total. The summed E-state index contributed by atoms with van der Waals surface area (Å²) in [6.45, 7) is 4.79. The zero-order valence-electron chi connectivity index (χ0n) is 18.3. The van der Waals surface area contributed by atoms with E-state index in [4.69, 9.17) is 0 Å². The molecule has 0 aliphatic carbocycles. The van der Waals surface area contributed by atoms with Gasteiger partial charge in [0.2, 0.25) is 0 Å². The van der Waals surface area contributed by atoms with E-state index < -0.39 is 11.7 Å². The van der Waals surface area contributed by atoms with Crippen molar-refractivity contribution in [3.8, 4) is 0 Å². The number of likely N-dealkylation sites (N-methyl/N-ethyl adjacent to an activating group) is 2. The molecule has 2 heterocycles. The van der Waals surface area contributed by atoms with Gasteiger partial charge < -0.3 is 19.6 Å². The summed E-state index contributed by atoms with van der Waals surface area (Å²) in [7, 11) is 3.98. The Morgan fingerprint density at radius 1 is 0.844 bits per heavy atom. The molecule has 0 aromatic heterocycles. The van der Waals surface area contributed by atoms with Gasteiger partial charge >= 0.3 is 6.18 Å². The quantitative estimate of drug-likeness (QED) is 0.675. The van der Waals surface area contributed by atoms with Crippen molar-refractivity contribution in [1.82, 2.24) is 9.80 Å². The first-order chi connectivity index (χ1) is 15.2. The Morgan fingerprint density at radius 3 is 2.16 bits per heavy atom. The van der Waals surface area contributed by atoms with Gasteiger partial charge in [-0.15, -0.1) is 0 Å². The van der Waals surface area contributed by atoms with Crippen LogP contribution in [0.15, 0.2) is 54.2 Å². The lowest BCUT2D eigenvalue weighted by molar-refractivity contribution is -0.137. The van der Waals surface area contributed by atoms with Gasteiger partial charge in [-0.25, -0.2) is 0 Å². The Morgan fingerprint density at radius 2 is 1.50 bits per heavy atom. The average molecular weight is 445 g/mol. The molecule has 0 spiro atoms. The van der Waals surface area contributed by atoms with Gasteiger partial charge in [-0.2, -0.15) is 13.2 Å². The Balaban J connectivity index is 1.62. The molecule has 170 valence electrons. The van der Waals surface area contributed by atoms with Gasteiger partial charge in [-0.1, -0.05) is 18.2 Å². The minimum atomic E-state index is -4.40. The third-order valence-corrected chi connectivity index (χ3v) is 6.11. The minimum absolute atomic E-state index is 0.216. The number of piperazine rings is 2. The highest BCUT2D eigenvalue weighted by atomic mass is 19.4. The summed E-state index contributed by atoms with van der Waals surface area (Å²) in [5.41, 5.74) is 2.31. The van der Waals surface area contributed by atoms with Crippen molar-refractivity contribution in [3.05, 3.63) is 65.4 Å². The summed E-state index contributed by atoms with van der Waals surface area (Å²) >= 11 is 0. The second-order valence-electron chi connectivity index (χ2n) is 8.30. The van der Waals surface area contributed by atoms with Crippen LogP contribution in [0.2, 0.25) is 0 Å². The third-order valence-electron chi connectivity index (χ3n) is 6.11. The van der Waals surface area contributed by atoms with Crippen LogP contribution in [0.1, 0.15) is 11.1 Å². The van der Waals surface area contributed by atoms with E-state index in [1.54, 1.807) is 4.90 Å². The Hall–Kier alpha value is -3.00. The first-order valence-corrected chi connectivity index (χ1v) is 10.7. The van der Waals surface area contributed by atoms with Crippen LogP contribution in [0.4, 0.5) is 24.5 Å². The molecule has 2 saturated heterocycles. The maximum atomic E-state index is 13.3. The highest BCUT2D eigenvalue weighted by molar-refractivity contribution is 6.09. The van der Waals surface area contributed by atoms with Crippen LogP contribution in [0.25, 0.3) is 6.08 Å². The summed E-state index contributed by atoms with van der Waals surface area (Å²) in [6, 6.07) is 12.8. The molecule has 5 nitrogen and oxygen atoms in total. The number of benzene rings is 2. The monoisotopic (exact) mass is 444 g/mol. The van der Waals surface area contributed by atoms with Crippen molar-refractivity contribution < 1.29 is 18.0 Å². The van der Waals surface area contributed by atoms with Gasteiger partial charge in [0, 0.05) is 63.3 Å². The van der Waals surface area contributed by atoms with Gasteiger partial charge in [-0.05, 0) is 43.5 Å². The highest BCUT2D eigenvalue weighted by Gasteiger charge is 2.32. The summed E-state index contributed by atoms with van der Waals surface area (Å²) in [5.74, 6) is -0.216. The van der Waals surface area contributed by atoms with Crippen LogP contribution in [0, 0.1) is 0 Å². The predicted molar refractivity (Wildman–Crippen MR) is 121 cm³/mol. The van der Waals surface area contributed by atoms with Gasteiger partial charge in [-0.3, -0.25) is 4.79 Å². The average Bonchev–Trinajstić information content (AvgIpc) is 2.77. The molecule has 32 heavy (non-hydrogen) atoms. The van der Waals surface area contributed by atoms with E-state index in [0.717, 1.165) is 49.6 Å². The lowest BCUT2D eigenvalue weighted by Crippen LogP contribution is -2.47. The maximum absolute atomic E-state index is 13.3. The van der Waals surface area contributed by atoms with Crippen molar-refractivity contribution in [1.29, 1.82) is 0 Å². The van der Waals surface area contributed by atoms with E-state index in [9.17, 15) is 18.0 Å². The Kier molecular flexibility index (Phi) is 6.15. The number of alkyl halides is 3. The van der Waals surface area contributed by atoms with E-state index in [2.05, 4.69) is 22.9 Å². The zero-order chi connectivity index (χ0) is 22.9. The minimum Gasteiger partial charge on any atom is -0.368 e. The molecule has 2 aromatic rings. The summed E-state index contributed by atoms with van der Waals surface area (Å²) < 4.78 is 38.7. The van der Waals surface area contributed by atoms with Crippen LogP contribution in [0.3, 0.4) is 0 Å². The summed E-state index contributed by atoms with van der Waals surface area (Å²) in [6.07, 6.45) is -2.51. The molecule has 0 radical (unpaired) electrons. The predicted octanol–water partition coefficient (Wildman–Crippen LogP) is 3.78. The zero-order valence-corrected chi connectivity index (χ0v) is 18.3. The van der Waals surface area contributed by atoms with Gasteiger partial charge in [0.25, 0.3) is 5.91 Å². The SMILES string of the molecule is CN1CCN(c2ccccc2/C=C2/C(=O)N(c3ccc(C(F)(F)F)cc3)CCN2C)CC1. The van der Waals surface area contributed by atoms with E-state index in [0.29, 0.717) is 24.5 Å². The maximum Gasteiger partial charge on any atom is 0.416 e. The summed E-state index contributed by atoms with van der Waals surface area (Å²) in [4.78, 5) is 21.4. The van der Waals surface area contributed by atoms with E-state index in [1.807, 2.05) is 36.2 Å². The van der Waals surface area contributed by atoms with Gasteiger partial charge in [0.1, 0.15) is 5.70 Å². The Bertz CT molecular complexity index is 995. The molecule has 1 amide bonds. The van der Waals surface area contributed by atoms with Crippen molar-refractivity contribution in [2.75, 3.05) is 63.2 Å². The normalized spacial score (nSPS) is 19.7. The molecule has 8 heteroatoms. The van der Waals surface area contributed by atoms with E-state index in [-0.39, 0.29) is 5.91 Å². The van der Waals surface area contributed by atoms with Gasteiger partial charge in [0.15, 0.2) is 0 Å². The lowest BCUT2D eigenvalue weighted by Gasteiger charge is -2.36. The largest absolute Gasteiger partial charge is 0.416 e. The summed E-state index contributed by atoms with van der Waals surface area (Å²) in [5, 5.41) is 0. The lowest BCUT2D eigenvalue weighted by atomic mass is 10.1. The number of amides is 1. The fourth-order valence-electron chi connectivity index (χ4n) is 4.11.